The molecule has 0 aliphatic heterocycles. The smallest absolute Gasteiger partial charge is 0.251 e. The highest BCUT2D eigenvalue weighted by Gasteiger charge is 2.25. The van der Waals surface area contributed by atoms with E-state index in [0.717, 1.165) is 16.6 Å². The summed E-state index contributed by atoms with van der Waals surface area (Å²) >= 11 is 7.02. The molecule has 0 aromatic heterocycles. The Morgan fingerprint density at radius 3 is 2.59 bits per heavy atom. The number of rotatable bonds is 3. The molecule has 0 saturated heterocycles. The lowest BCUT2D eigenvalue weighted by molar-refractivity contribution is 0.0948. The molecule has 2 nitrogen and oxygen atoms in total. The second-order valence-electron chi connectivity index (χ2n) is 4.42. The highest BCUT2D eigenvalue weighted by molar-refractivity contribution is 9.10. The summed E-state index contributed by atoms with van der Waals surface area (Å²) < 4.78 is 0.991. The zero-order valence-electron chi connectivity index (χ0n) is 9.46. The Kier molecular flexibility index (Phi) is 4.62. The number of hydrogen-bond acceptors (Lipinski definition) is 1. The summed E-state index contributed by atoms with van der Waals surface area (Å²) in [5.74, 6) is 0.596. The van der Waals surface area contributed by atoms with E-state index in [9.17, 15) is 4.79 Å². The second kappa shape index (κ2) is 6.01. The van der Waals surface area contributed by atoms with E-state index in [0.29, 0.717) is 10.7 Å². The molecule has 1 aliphatic rings. The van der Waals surface area contributed by atoms with Gasteiger partial charge in [0, 0.05) is 21.4 Å². The van der Waals surface area contributed by atoms with Crippen LogP contribution in [0, 0.1) is 5.92 Å². The van der Waals surface area contributed by atoms with Crippen molar-refractivity contribution in [1.29, 1.82) is 0 Å². The number of carbonyl (C=O) groups is 1. The Bertz CT molecular complexity index is 391. The third-order valence-corrected chi connectivity index (χ3v) is 4.93. The zero-order chi connectivity index (χ0) is 12.3. The maximum Gasteiger partial charge on any atom is 0.251 e. The molecule has 0 radical (unpaired) electrons. The fraction of sp³-hybridized carbons (Fsp3) is 0.462. The van der Waals surface area contributed by atoms with Gasteiger partial charge in [0.05, 0.1) is 0 Å². The quantitative estimate of drug-likeness (QED) is 0.817. The Morgan fingerprint density at radius 2 is 2.00 bits per heavy atom. The van der Waals surface area contributed by atoms with Crippen LogP contribution in [-0.2, 0) is 0 Å². The summed E-state index contributed by atoms with van der Waals surface area (Å²) in [4.78, 5) is 12.4. The monoisotopic (exact) mass is 359 g/mol. The number of halogens is 2. The SMILES string of the molecule is O=C(NCC1CCCC1Br)c1ccc(Br)cc1. The number of carbonyl (C=O) groups excluding carboxylic acids is 1. The molecule has 1 amide bonds. The van der Waals surface area contributed by atoms with E-state index in [1.54, 1.807) is 0 Å². The molecule has 1 aromatic carbocycles. The standard InChI is InChI=1S/C13H15Br2NO/c14-11-6-4-9(5-7-11)13(17)16-8-10-2-1-3-12(10)15/h4-7,10,12H,1-3,8H2,(H,16,17). The summed E-state index contributed by atoms with van der Waals surface area (Å²) in [5, 5.41) is 3.01. The maximum absolute atomic E-state index is 11.9. The van der Waals surface area contributed by atoms with Crippen molar-refractivity contribution in [2.24, 2.45) is 5.92 Å². The Labute approximate surface area is 118 Å². The van der Waals surface area contributed by atoms with Crippen molar-refractivity contribution in [2.75, 3.05) is 6.54 Å². The normalized spacial score (nSPS) is 23.6. The van der Waals surface area contributed by atoms with Gasteiger partial charge in [-0.3, -0.25) is 4.79 Å². The van der Waals surface area contributed by atoms with Gasteiger partial charge in [-0.15, -0.1) is 0 Å². The van der Waals surface area contributed by atoms with Crippen molar-refractivity contribution in [3.05, 3.63) is 34.3 Å². The van der Waals surface area contributed by atoms with Gasteiger partial charge in [-0.2, -0.15) is 0 Å². The van der Waals surface area contributed by atoms with E-state index in [1.165, 1.54) is 19.3 Å². The van der Waals surface area contributed by atoms with Gasteiger partial charge in [-0.1, -0.05) is 38.3 Å². The van der Waals surface area contributed by atoms with Crippen LogP contribution in [-0.4, -0.2) is 17.3 Å². The molecule has 2 atom stereocenters. The van der Waals surface area contributed by atoms with Gasteiger partial charge in [0.1, 0.15) is 0 Å². The molecular weight excluding hydrogens is 346 g/mol. The number of alkyl halides is 1. The minimum absolute atomic E-state index is 0.0177. The van der Waals surface area contributed by atoms with Crippen LogP contribution < -0.4 is 5.32 Å². The van der Waals surface area contributed by atoms with E-state index in [-0.39, 0.29) is 5.91 Å². The summed E-state index contributed by atoms with van der Waals surface area (Å²) in [6.45, 7) is 0.769. The van der Waals surface area contributed by atoms with Gasteiger partial charge in [-0.05, 0) is 43.0 Å². The van der Waals surface area contributed by atoms with E-state index in [4.69, 9.17) is 0 Å². The lowest BCUT2D eigenvalue weighted by atomic mass is 10.1. The average molecular weight is 361 g/mol. The topological polar surface area (TPSA) is 29.1 Å². The van der Waals surface area contributed by atoms with Crippen LogP contribution in [0.5, 0.6) is 0 Å². The Hall–Kier alpha value is -0.350. The molecule has 17 heavy (non-hydrogen) atoms. The first-order valence-electron chi connectivity index (χ1n) is 5.84. The van der Waals surface area contributed by atoms with Gasteiger partial charge < -0.3 is 5.32 Å². The Balaban J connectivity index is 1.87. The molecule has 2 unspecified atom stereocenters. The third kappa shape index (κ3) is 3.55. The Morgan fingerprint density at radius 1 is 1.29 bits per heavy atom. The van der Waals surface area contributed by atoms with Crippen molar-refractivity contribution in [1.82, 2.24) is 5.32 Å². The molecular formula is C13H15Br2NO. The second-order valence-corrected chi connectivity index (χ2v) is 6.52. The first-order chi connectivity index (χ1) is 8.16. The van der Waals surface area contributed by atoms with Crippen molar-refractivity contribution in [3.63, 3.8) is 0 Å². The predicted molar refractivity (Wildman–Crippen MR) is 76.5 cm³/mol. The first kappa shape index (κ1) is 13.1. The first-order valence-corrected chi connectivity index (χ1v) is 7.55. The average Bonchev–Trinajstić information content (AvgIpc) is 2.73. The van der Waals surface area contributed by atoms with Crippen LogP contribution in [0.25, 0.3) is 0 Å². The molecule has 1 fully saturated rings. The molecule has 92 valence electrons. The summed E-state index contributed by atoms with van der Waals surface area (Å²) in [6.07, 6.45) is 3.68. The molecule has 1 saturated carbocycles. The third-order valence-electron chi connectivity index (χ3n) is 3.20. The van der Waals surface area contributed by atoms with Gasteiger partial charge in [0.15, 0.2) is 0 Å². The molecule has 4 heteroatoms. The molecule has 1 aromatic rings. The number of benzene rings is 1. The predicted octanol–water partition coefficient (Wildman–Crippen LogP) is 3.74. The van der Waals surface area contributed by atoms with Gasteiger partial charge in [0.2, 0.25) is 0 Å². The van der Waals surface area contributed by atoms with Crippen LogP contribution in [0.1, 0.15) is 29.6 Å². The van der Waals surface area contributed by atoms with Crippen LogP contribution >= 0.6 is 31.9 Å². The molecule has 0 heterocycles. The molecule has 0 spiro atoms. The highest BCUT2D eigenvalue weighted by Crippen LogP contribution is 2.30. The van der Waals surface area contributed by atoms with Crippen molar-refractivity contribution < 1.29 is 4.79 Å². The van der Waals surface area contributed by atoms with E-state index in [1.807, 2.05) is 24.3 Å². The van der Waals surface area contributed by atoms with Gasteiger partial charge in [-0.25, -0.2) is 0 Å². The molecule has 0 bridgehead atoms. The zero-order valence-corrected chi connectivity index (χ0v) is 12.6. The van der Waals surface area contributed by atoms with Crippen LogP contribution in [0.4, 0.5) is 0 Å². The van der Waals surface area contributed by atoms with Crippen LogP contribution in [0.15, 0.2) is 28.7 Å². The van der Waals surface area contributed by atoms with E-state index < -0.39 is 0 Å². The van der Waals surface area contributed by atoms with Crippen molar-refractivity contribution >= 4 is 37.8 Å². The summed E-state index contributed by atoms with van der Waals surface area (Å²) in [6, 6.07) is 7.44. The summed E-state index contributed by atoms with van der Waals surface area (Å²) in [7, 11) is 0. The van der Waals surface area contributed by atoms with E-state index in [2.05, 4.69) is 37.2 Å². The van der Waals surface area contributed by atoms with E-state index >= 15 is 0 Å². The van der Waals surface area contributed by atoms with Gasteiger partial charge in [0.25, 0.3) is 5.91 Å². The van der Waals surface area contributed by atoms with Crippen LogP contribution in [0.2, 0.25) is 0 Å². The van der Waals surface area contributed by atoms with Crippen LogP contribution in [0.3, 0.4) is 0 Å². The lowest BCUT2D eigenvalue weighted by Crippen LogP contribution is -2.30. The highest BCUT2D eigenvalue weighted by atomic mass is 79.9. The minimum Gasteiger partial charge on any atom is -0.352 e. The largest absolute Gasteiger partial charge is 0.352 e. The molecule has 1 N–H and O–H groups in total. The fourth-order valence-electron chi connectivity index (χ4n) is 2.15. The molecule has 1 aliphatic carbocycles. The fourth-order valence-corrected chi connectivity index (χ4v) is 3.19. The lowest BCUT2D eigenvalue weighted by Gasteiger charge is -2.14. The summed E-state index contributed by atoms with van der Waals surface area (Å²) in [5.41, 5.74) is 0.720. The molecule has 2 rings (SSSR count). The minimum atomic E-state index is 0.0177. The van der Waals surface area contributed by atoms with Crippen molar-refractivity contribution in [3.8, 4) is 0 Å². The van der Waals surface area contributed by atoms with Crippen molar-refractivity contribution in [2.45, 2.75) is 24.1 Å². The number of amides is 1. The number of hydrogen-bond donors (Lipinski definition) is 1. The number of nitrogens with one attached hydrogen (secondary N) is 1. The maximum atomic E-state index is 11.9. The van der Waals surface area contributed by atoms with Gasteiger partial charge >= 0.3 is 0 Å².